The predicted octanol–water partition coefficient (Wildman–Crippen LogP) is 2.94. The summed E-state index contributed by atoms with van der Waals surface area (Å²) in [5, 5.41) is 2.98. The highest BCUT2D eigenvalue weighted by Gasteiger charge is 2.23. The van der Waals surface area contributed by atoms with Gasteiger partial charge in [-0.2, -0.15) is 0 Å². The van der Waals surface area contributed by atoms with E-state index < -0.39 is 0 Å². The van der Waals surface area contributed by atoms with Gasteiger partial charge in [0, 0.05) is 37.9 Å². The highest BCUT2D eigenvalue weighted by atomic mass is 16.2. The molecule has 20 heavy (non-hydrogen) atoms. The number of anilines is 1. The summed E-state index contributed by atoms with van der Waals surface area (Å²) in [5.74, 6) is 0. The zero-order valence-corrected chi connectivity index (χ0v) is 12.7. The van der Waals surface area contributed by atoms with Crippen molar-refractivity contribution in [2.75, 3.05) is 31.5 Å². The minimum Gasteiger partial charge on any atom is -0.322 e. The number of hydrogen-bond acceptors (Lipinski definition) is 2. The predicted molar refractivity (Wildman–Crippen MR) is 83.1 cm³/mol. The van der Waals surface area contributed by atoms with Gasteiger partial charge in [-0.3, -0.25) is 4.90 Å². The van der Waals surface area contributed by atoms with Crippen LogP contribution >= 0.6 is 0 Å². The van der Waals surface area contributed by atoms with Gasteiger partial charge in [0.15, 0.2) is 0 Å². The highest BCUT2D eigenvalue weighted by molar-refractivity contribution is 5.89. The molecule has 1 atom stereocenters. The second-order valence-electron chi connectivity index (χ2n) is 5.58. The minimum absolute atomic E-state index is 0.0133. The van der Waals surface area contributed by atoms with Crippen molar-refractivity contribution in [1.82, 2.24) is 9.80 Å². The van der Waals surface area contributed by atoms with Crippen LogP contribution in [0.25, 0.3) is 0 Å². The maximum Gasteiger partial charge on any atom is 0.321 e. The van der Waals surface area contributed by atoms with Crippen molar-refractivity contribution in [1.29, 1.82) is 0 Å². The fourth-order valence-corrected chi connectivity index (χ4v) is 2.55. The Morgan fingerprint density at radius 2 is 2.00 bits per heavy atom. The maximum absolute atomic E-state index is 12.2. The van der Waals surface area contributed by atoms with Crippen LogP contribution in [-0.4, -0.2) is 48.1 Å². The van der Waals surface area contributed by atoms with Crippen molar-refractivity contribution in [3.63, 3.8) is 0 Å². The molecule has 1 aliphatic rings. The molecule has 0 saturated carbocycles. The lowest BCUT2D eigenvalue weighted by atomic mass is 10.2. The van der Waals surface area contributed by atoms with Crippen molar-refractivity contribution in [3.8, 4) is 0 Å². The second-order valence-corrected chi connectivity index (χ2v) is 5.58. The number of urea groups is 1. The Hall–Kier alpha value is -1.55. The van der Waals surface area contributed by atoms with Gasteiger partial charge in [-0.15, -0.1) is 0 Å². The Kier molecular flexibility index (Phi) is 5.01. The van der Waals surface area contributed by atoms with Crippen LogP contribution in [0.15, 0.2) is 24.3 Å². The van der Waals surface area contributed by atoms with Crippen LogP contribution in [0.3, 0.4) is 0 Å². The van der Waals surface area contributed by atoms with Crippen LogP contribution in [-0.2, 0) is 0 Å². The first-order chi connectivity index (χ1) is 9.60. The molecule has 1 aromatic carbocycles. The number of hydrogen-bond donors (Lipinski definition) is 1. The molecule has 0 aliphatic carbocycles. The number of nitrogens with zero attached hydrogens (tertiary/aromatic N) is 2. The molecule has 1 aromatic rings. The third-order valence-electron chi connectivity index (χ3n) is 4.08. The van der Waals surface area contributed by atoms with Gasteiger partial charge in [-0.05, 0) is 38.0 Å². The largest absolute Gasteiger partial charge is 0.322 e. The van der Waals surface area contributed by atoms with E-state index in [0.717, 1.165) is 43.9 Å². The molecule has 2 rings (SSSR count). The van der Waals surface area contributed by atoms with Gasteiger partial charge >= 0.3 is 6.03 Å². The number of aryl methyl sites for hydroxylation is 1. The standard InChI is InChI=1S/C16H25N3O/c1-4-14(3)18-8-10-19(11-9-18)16(20)17-15-7-5-6-13(2)12-15/h5-7,12,14H,4,8-11H2,1-3H3,(H,17,20). The second kappa shape index (κ2) is 6.75. The van der Waals surface area contributed by atoms with Crippen molar-refractivity contribution in [3.05, 3.63) is 29.8 Å². The maximum atomic E-state index is 12.2. The average Bonchev–Trinajstić information content (AvgIpc) is 2.46. The number of amides is 2. The van der Waals surface area contributed by atoms with Crippen LogP contribution in [0, 0.1) is 6.92 Å². The van der Waals surface area contributed by atoms with E-state index in [9.17, 15) is 4.79 Å². The molecule has 1 fully saturated rings. The Labute approximate surface area is 121 Å². The average molecular weight is 275 g/mol. The Morgan fingerprint density at radius 3 is 2.60 bits per heavy atom. The summed E-state index contributed by atoms with van der Waals surface area (Å²) < 4.78 is 0. The minimum atomic E-state index is 0.0133. The molecular formula is C16H25N3O. The van der Waals surface area contributed by atoms with Gasteiger partial charge in [-0.1, -0.05) is 19.1 Å². The summed E-state index contributed by atoms with van der Waals surface area (Å²) in [4.78, 5) is 16.6. The van der Waals surface area contributed by atoms with Gasteiger partial charge in [0.05, 0.1) is 0 Å². The van der Waals surface area contributed by atoms with Crippen LogP contribution in [0.5, 0.6) is 0 Å². The zero-order chi connectivity index (χ0) is 14.5. The van der Waals surface area contributed by atoms with Crippen molar-refractivity contribution in [2.24, 2.45) is 0 Å². The van der Waals surface area contributed by atoms with E-state index in [1.807, 2.05) is 36.1 Å². The topological polar surface area (TPSA) is 35.6 Å². The molecule has 4 nitrogen and oxygen atoms in total. The van der Waals surface area contributed by atoms with E-state index in [4.69, 9.17) is 0 Å². The molecule has 2 amide bonds. The zero-order valence-electron chi connectivity index (χ0n) is 12.7. The molecule has 110 valence electrons. The normalized spacial score (nSPS) is 17.9. The molecule has 1 aliphatic heterocycles. The van der Waals surface area contributed by atoms with Crippen molar-refractivity contribution < 1.29 is 4.79 Å². The van der Waals surface area contributed by atoms with Crippen LogP contribution in [0.4, 0.5) is 10.5 Å². The number of nitrogens with one attached hydrogen (secondary N) is 1. The summed E-state index contributed by atoms with van der Waals surface area (Å²) in [6, 6.07) is 8.54. The first-order valence-electron chi connectivity index (χ1n) is 7.46. The monoisotopic (exact) mass is 275 g/mol. The Balaban J connectivity index is 1.86. The number of benzene rings is 1. The van der Waals surface area contributed by atoms with E-state index in [2.05, 4.69) is 24.1 Å². The molecule has 0 bridgehead atoms. The molecular weight excluding hydrogens is 250 g/mol. The SMILES string of the molecule is CCC(C)N1CCN(C(=O)Nc2cccc(C)c2)CC1. The van der Waals surface area contributed by atoms with Gasteiger partial charge in [0.25, 0.3) is 0 Å². The lowest BCUT2D eigenvalue weighted by Gasteiger charge is -2.37. The Bertz CT molecular complexity index is 453. The third kappa shape index (κ3) is 3.73. The molecule has 1 heterocycles. The fraction of sp³-hybridized carbons (Fsp3) is 0.562. The van der Waals surface area contributed by atoms with E-state index in [1.165, 1.54) is 0 Å². The van der Waals surface area contributed by atoms with Gasteiger partial charge < -0.3 is 10.2 Å². The molecule has 4 heteroatoms. The number of rotatable bonds is 3. The third-order valence-corrected chi connectivity index (χ3v) is 4.08. The van der Waals surface area contributed by atoms with E-state index in [1.54, 1.807) is 0 Å². The molecule has 0 spiro atoms. The van der Waals surface area contributed by atoms with E-state index in [0.29, 0.717) is 6.04 Å². The summed E-state index contributed by atoms with van der Waals surface area (Å²) >= 11 is 0. The van der Waals surface area contributed by atoms with Gasteiger partial charge in [0.2, 0.25) is 0 Å². The van der Waals surface area contributed by atoms with Gasteiger partial charge in [0.1, 0.15) is 0 Å². The molecule has 1 N–H and O–H groups in total. The number of carbonyl (C=O) groups is 1. The summed E-state index contributed by atoms with van der Waals surface area (Å²) in [7, 11) is 0. The number of carbonyl (C=O) groups excluding carboxylic acids is 1. The lowest BCUT2D eigenvalue weighted by molar-refractivity contribution is 0.117. The highest BCUT2D eigenvalue weighted by Crippen LogP contribution is 2.13. The summed E-state index contributed by atoms with van der Waals surface area (Å²) in [6.45, 7) is 10.0. The van der Waals surface area contributed by atoms with Crippen LogP contribution in [0.2, 0.25) is 0 Å². The fourth-order valence-electron chi connectivity index (χ4n) is 2.55. The molecule has 0 aromatic heterocycles. The van der Waals surface area contributed by atoms with Crippen molar-refractivity contribution >= 4 is 11.7 Å². The van der Waals surface area contributed by atoms with Gasteiger partial charge in [-0.25, -0.2) is 4.79 Å². The van der Waals surface area contributed by atoms with E-state index in [-0.39, 0.29) is 6.03 Å². The quantitative estimate of drug-likeness (QED) is 0.920. The first-order valence-corrected chi connectivity index (χ1v) is 7.46. The smallest absolute Gasteiger partial charge is 0.321 e. The molecule has 0 radical (unpaired) electrons. The van der Waals surface area contributed by atoms with E-state index >= 15 is 0 Å². The summed E-state index contributed by atoms with van der Waals surface area (Å²) in [6.07, 6.45) is 1.16. The molecule has 1 unspecified atom stereocenters. The Morgan fingerprint density at radius 1 is 1.30 bits per heavy atom. The van der Waals surface area contributed by atoms with Crippen LogP contribution < -0.4 is 5.32 Å². The number of piperazine rings is 1. The van der Waals surface area contributed by atoms with Crippen molar-refractivity contribution in [2.45, 2.75) is 33.2 Å². The molecule has 1 saturated heterocycles. The first kappa shape index (κ1) is 14.9. The lowest BCUT2D eigenvalue weighted by Crippen LogP contribution is -2.52. The van der Waals surface area contributed by atoms with Crippen LogP contribution in [0.1, 0.15) is 25.8 Å². The summed E-state index contributed by atoms with van der Waals surface area (Å²) in [5.41, 5.74) is 2.03.